The molecule has 3 rings (SSSR count). The van der Waals surface area contributed by atoms with Gasteiger partial charge in [0.2, 0.25) is 0 Å². The number of rotatable bonds is 3. The van der Waals surface area contributed by atoms with Crippen molar-refractivity contribution < 1.29 is 9.53 Å². The van der Waals surface area contributed by atoms with Crippen LogP contribution in [0, 0.1) is 5.92 Å². The Balaban J connectivity index is 1.90. The Hall–Kier alpha value is -1.55. The number of hydrogen-bond donors (Lipinski definition) is 1. The standard InChI is InChI=1S/C23H36N2O2/c1-15(2)25(16(3)4)22(26)27-19-11-10-17-13-18-9-7-6-8-12-23(5,21(18)24)20(17)14-19/h10-11,14-16,18,21H,6-9,12-13,24H2,1-5H3/t18?,21-,23+/m0/s1. The minimum Gasteiger partial charge on any atom is -0.410 e. The number of nitrogens with zero attached hydrogens (tertiary/aromatic N) is 1. The smallest absolute Gasteiger partial charge is 0.410 e. The van der Waals surface area contributed by atoms with Crippen LogP contribution < -0.4 is 10.5 Å². The third-order valence-electron chi connectivity index (χ3n) is 6.72. The maximum atomic E-state index is 12.7. The van der Waals surface area contributed by atoms with Gasteiger partial charge in [0.15, 0.2) is 0 Å². The van der Waals surface area contributed by atoms with Gasteiger partial charge in [-0.25, -0.2) is 4.79 Å². The van der Waals surface area contributed by atoms with Gasteiger partial charge in [-0.05, 0) is 76.1 Å². The SMILES string of the molecule is CC(C)N(C(=O)Oc1ccc2c(c1)[C@@]1(C)CCCCCC(C2)[C@@H]1N)C(C)C. The van der Waals surface area contributed by atoms with Crippen molar-refractivity contribution in [3.63, 3.8) is 0 Å². The number of carbonyl (C=O) groups is 1. The minimum absolute atomic E-state index is 0.0309. The second-order valence-electron chi connectivity index (χ2n) is 9.29. The van der Waals surface area contributed by atoms with Gasteiger partial charge in [-0.2, -0.15) is 0 Å². The summed E-state index contributed by atoms with van der Waals surface area (Å²) in [6, 6.07) is 6.59. The first kappa shape index (κ1) is 20.2. The molecule has 1 unspecified atom stereocenters. The van der Waals surface area contributed by atoms with Crippen molar-refractivity contribution in [2.75, 3.05) is 0 Å². The van der Waals surface area contributed by atoms with Crippen LogP contribution in [0.2, 0.25) is 0 Å². The summed E-state index contributed by atoms with van der Waals surface area (Å²) in [5.74, 6) is 1.20. The molecule has 0 aromatic heterocycles. The van der Waals surface area contributed by atoms with Crippen molar-refractivity contribution >= 4 is 6.09 Å². The summed E-state index contributed by atoms with van der Waals surface area (Å²) in [6.45, 7) is 10.4. The number of amides is 1. The minimum atomic E-state index is -0.277. The van der Waals surface area contributed by atoms with E-state index in [0.717, 1.165) is 12.8 Å². The van der Waals surface area contributed by atoms with Crippen LogP contribution in [0.5, 0.6) is 5.75 Å². The fraction of sp³-hybridized carbons (Fsp3) is 0.696. The van der Waals surface area contributed by atoms with E-state index in [1.54, 1.807) is 4.90 Å². The highest BCUT2D eigenvalue weighted by atomic mass is 16.6. The maximum Gasteiger partial charge on any atom is 0.415 e. The molecule has 2 aliphatic carbocycles. The Morgan fingerprint density at radius 2 is 1.89 bits per heavy atom. The van der Waals surface area contributed by atoms with Crippen LogP contribution in [0.25, 0.3) is 0 Å². The Bertz CT molecular complexity index is 677. The van der Waals surface area contributed by atoms with Crippen molar-refractivity contribution in [1.29, 1.82) is 0 Å². The van der Waals surface area contributed by atoms with Gasteiger partial charge >= 0.3 is 6.09 Å². The Kier molecular flexibility index (Phi) is 5.85. The van der Waals surface area contributed by atoms with Gasteiger partial charge in [-0.3, -0.25) is 0 Å². The molecular weight excluding hydrogens is 336 g/mol. The Labute approximate surface area is 164 Å². The number of fused-ring (bicyclic) bond motifs is 4. The Morgan fingerprint density at radius 3 is 2.56 bits per heavy atom. The average Bonchev–Trinajstić information content (AvgIpc) is 2.58. The lowest BCUT2D eigenvalue weighted by Crippen LogP contribution is -2.52. The molecule has 2 aliphatic rings. The molecular formula is C23H36N2O2. The first-order valence-electron chi connectivity index (χ1n) is 10.6. The van der Waals surface area contributed by atoms with E-state index in [9.17, 15) is 4.79 Å². The van der Waals surface area contributed by atoms with E-state index < -0.39 is 0 Å². The molecule has 2 N–H and O–H groups in total. The van der Waals surface area contributed by atoms with Gasteiger partial charge in [0, 0.05) is 23.5 Å². The molecule has 4 heteroatoms. The average molecular weight is 373 g/mol. The summed E-state index contributed by atoms with van der Waals surface area (Å²) < 4.78 is 5.79. The lowest BCUT2D eigenvalue weighted by atomic mass is 9.60. The molecule has 1 aromatic carbocycles. The van der Waals surface area contributed by atoms with Crippen molar-refractivity contribution in [3.05, 3.63) is 29.3 Å². The molecule has 2 bridgehead atoms. The molecule has 150 valence electrons. The maximum absolute atomic E-state index is 12.7. The molecule has 0 spiro atoms. The van der Waals surface area contributed by atoms with E-state index >= 15 is 0 Å². The van der Waals surface area contributed by atoms with Crippen LogP contribution in [0.3, 0.4) is 0 Å². The van der Waals surface area contributed by atoms with Crippen molar-refractivity contribution in [2.45, 2.75) is 96.7 Å². The van der Waals surface area contributed by atoms with Gasteiger partial charge in [0.05, 0.1) is 0 Å². The van der Waals surface area contributed by atoms with E-state index in [1.807, 2.05) is 33.8 Å². The molecule has 4 nitrogen and oxygen atoms in total. The number of benzene rings is 1. The summed E-state index contributed by atoms with van der Waals surface area (Å²) >= 11 is 0. The van der Waals surface area contributed by atoms with E-state index in [0.29, 0.717) is 11.7 Å². The molecule has 1 aromatic rings. The highest BCUT2D eigenvalue weighted by Gasteiger charge is 2.44. The fourth-order valence-electron chi connectivity index (χ4n) is 5.27. The van der Waals surface area contributed by atoms with Crippen LogP contribution in [0.1, 0.15) is 77.8 Å². The van der Waals surface area contributed by atoms with E-state index in [-0.39, 0.29) is 29.6 Å². The zero-order valence-corrected chi connectivity index (χ0v) is 17.6. The lowest BCUT2D eigenvalue weighted by Gasteiger charge is -2.47. The molecule has 0 saturated heterocycles. The largest absolute Gasteiger partial charge is 0.415 e. The summed E-state index contributed by atoms with van der Waals surface area (Å²) in [5.41, 5.74) is 9.41. The third-order valence-corrected chi connectivity index (χ3v) is 6.72. The summed E-state index contributed by atoms with van der Waals surface area (Å²) in [4.78, 5) is 14.5. The van der Waals surface area contributed by atoms with Gasteiger partial charge in [-0.1, -0.05) is 32.3 Å². The molecule has 1 saturated carbocycles. The van der Waals surface area contributed by atoms with E-state index in [4.69, 9.17) is 10.5 Å². The molecule has 3 atom stereocenters. The van der Waals surface area contributed by atoms with Crippen LogP contribution in [0.4, 0.5) is 4.79 Å². The summed E-state index contributed by atoms with van der Waals surface area (Å²) in [5, 5.41) is 0. The number of hydrogen-bond acceptors (Lipinski definition) is 3. The van der Waals surface area contributed by atoms with Crippen LogP contribution in [0.15, 0.2) is 18.2 Å². The predicted molar refractivity (Wildman–Crippen MR) is 110 cm³/mol. The third kappa shape index (κ3) is 3.87. The highest BCUT2D eigenvalue weighted by Crippen LogP contribution is 2.46. The van der Waals surface area contributed by atoms with Gasteiger partial charge < -0.3 is 15.4 Å². The second-order valence-corrected chi connectivity index (χ2v) is 9.29. The van der Waals surface area contributed by atoms with E-state index in [1.165, 1.54) is 36.8 Å². The lowest BCUT2D eigenvalue weighted by molar-refractivity contribution is 0.122. The molecule has 27 heavy (non-hydrogen) atoms. The van der Waals surface area contributed by atoms with E-state index in [2.05, 4.69) is 19.1 Å². The van der Waals surface area contributed by atoms with Crippen molar-refractivity contribution in [1.82, 2.24) is 4.90 Å². The zero-order valence-electron chi connectivity index (χ0n) is 17.6. The van der Waals surface area contributed by atoms with Crippen LogP contribution >= 0.6 is 0 Å². The summed E-state index contributed by atoms with van der Waals surface area (Å²) in [6.07, 6.45) is 6.91. The zero-order chi connectivity index (χ0) is 19.8. The highest BCUT2D eigenvalue weighted by molar-refractivity contribution is 5.71. The van der Waals surface area contributed by atoms with Crippen molar-refractivity contribution in [2.24, 2.45) is 11.7 Å². The molecule has 1 amide bonds. The van der Waals surface area contributed by atoms with Gasteiger partial charge in [-0.15, -0.1) is 0 Å². The number of ether oxygens (including phenoxy) is 1. The van der Waals surface area contributed by atoms with Crippen LogP contribution in [-0.4, -0.2) is 29.1 Å². The molecule has 0 aliphatic heterocycles. The fourth-order valence-corrected chi connectivity index (χ4v) is 5.27. The monoisotopic (exact) mass is 372 g/mol. The quantitative estimate of drug-likeness (QED) is 0.810. The first-order chi connectivity index (χ1) is 12.7. The topological polar surface area (TPSA) is 55.6 Å². The number of nitrogens with two attached hydrogens (primary N) is 1. The number of carbonyl (C=O) groups excluding carboxylic acids is 1. The first-order valence-corrected chi connectivity index (χ1v) is 10.6. The molecule has 1 fully saturated rings. The molecule has 0 radical (unpaired) electrons. The van der Waals surface area contributed by atoms with Crippen molar-refractivity contribution in [3.8, 4) is 5.75 Å². The Morgan fingerprint density at radius 1 is 1.19 bits per heavy atom. The second kappa shape index (κ2) is 7.83. The predicted octanol–water partition coefficient (Wildman–Crippen LogP) is 5.03. The normalized spacial score (nSPS) is 27.7. The molecule has 0 heterocycles. The summed E-state index contributed by atoms with van der Waals surface area (Å²) in [7, 11) is 0. The van der Waals surface area contributed by atoms with Gasteiger partial charge in [0.1, 0.15) is 5.75 Å². The van der Waals surface area contributed by atoms with Crippen LogP contribution in [-0.2, 0) is 11.8 Å². The van der Waals surface area contributed by atoms with Gasteiger partial charge in [0.25, 0.3) is 0 Å².